The van der Waals surface area contributed by atoms with Crippen molar-refractivity contribution in [2.75, 3.05) is 6.61 Å². The van der Waals surface area contributed by atoms with Crippen LogP contribution < -0.4 is 0 Å². The van der Waals surface area contributed by atoms with Crippen LogP contribution in [0.2, 0.25) is 0 Å². The van der Waals surface area contributed by atoms with Crippen LogP contribution in [0.1, 0.15) is 6.92 Å². The Bertz CT molecular complexity index is 105. The number of rotatable bonds is 3. The summed E-state index contributed by atoms with van der Waals surface area (Å²) in [5.74, 6) is -2.04. The predicted molar refractivity (Wildman–Crippen MR) is 29.6 cm³/mol. The second-order valence-corrected chi connectivity index (χ2v) is 2.37. The van der Waals surface area contributed by atoms with E-state index in [0.717, 1.165) is 6.92 Å². The van der Waals surface area contributed by atoms with E-state index in [2.05, 4.69) is 4.18 Å². The van der Waals surface area contributed by atoms with Gasteiger partial charge in [-0.25, -0.2) is 0 Å². The zero-order valence-electron chi connectivity index (χ0n) is 4.77. The van der Waals surface area contributed by atoms with Gasteiger partial charge in [0, 0.05) is 0 Å². The molecule has 0 rings (SSSR count). The monoisotopic (exact) mass is 156 g/mol. The molecular weight excluding hydrogens is 148 g/mol. The molecular formula is C3H8O5S. The molecule has 5 nitrogen and oxygen atoms in total. The summed E-state index contributed by atoms with van der Waals surface area (Å²) in [7, 11) is 0. The summed E-state index contributed by atoms with van der Waals surface area (Å²) in [6.45, 7) is 0.454. The van der Waals surface area contributed by atoms with Crippen molar-refractivity contribution >= 4 is 11.4 Å². The summed E-state index contributed by atoms with van der Waals surface area (Å²) >= 11 is -2.43. The lowest BCUT2D eigenvalue weighted by molar-refractivity contribution is -0.165. The molecule has 0 amide bonds. The Kier molecular flexibility index (Phi) is 3.23. The van der Waals surface area contributed by atoms with E-state index in [0.29, 0.717) is 0 Å². The fraction of sp³-hybridized carbons (Fsp3) is 1.00. The highest BCUT2D eigenvalue weighted by Gasteiger charge is 2.16. The molecule has 0 aliphatic heterocycles. The Morgan fingerprint density at radius 2 is 2.11 bits per heavy atom. The van der Waals surface area contributed by atoms with Gasteiger partial charge in [0.2, 0.25) is 0 Å². The number of hydrogen-bond donors (Lipinski definition) is 3. The highest BCUT2D eigenvalue weighted by atomic mass is 32.2. The number of aliphatic hydroxyl groups is 2. The maximum absolute atomic E-state index is 9.71. The van der Waals surface area contributed by atoms with Gasteiger partial charge in [-0.05, 0) is 6.92 Å². The van der Waals surface area contributed by atoms with Crippen LogP contribution >= 0.6 is 0 Å². The highest BCUT2D eigenvalue weighted by molar-refractivity contribution is 7.74. The minimum Gasteiger partial charge on any atom is -0.364 e. The maximum atomic E-state index is 9.71. The summed E-state index contributed by atoms with van der Waals surface area (Å²) in [4.78, 5) is 0. The molecule has 0 saturated heterocycles. The number of hydrogen-bond acceptors (Lipinski definition) is 4. The lowest BCUT2D eigenvalue weighted by Crippen LogP contribution is -2.30. The van der Waals surface area contributed by atoms with Gasteiger partial charge in [-0.1, -0.05) is 0 Å². The van der Waals surface area contributed by atoms with Crippen LogP contribution in [0.25, 0.3) is 0 Å². The van der Waals surface area contributed by atoms with Gasteiger partial charge < -0.3 is 10.2 Å². The van der Waals surface area contributed by atoms with Crippen LogP contribution in [-0.2, 0) is 15.5 Å². The second-order valence-electron chi connectivity index (χ2n) is 1.70. The molecule has 1 atom stereocenters. The van der Waals surface area contributed by atoms with Gasteiger partial charge in [-0.15, -0.1) is 0 Å². The third kappa shape index (κ3) is 7.99. The van der Waals surface area contributed by atoms with Crippen LogP contribution in [0.4, 0.5) is 0 Å². The van der Waals surface area contributed by atoms with E-state index in [-0.39, 0.29) is 0 Å². The van der Waals surface area contributed by atoms with Crippen LogP contribution in [0, 0.1) is 0 Å². The van der Waals surface area contributed by atoms with E-state index in [4.69, 9.17) is 14.8 Å². The third-order valence-corrected chi connectivity index (χ3v) is 0.753. The van der Waals surface area contributed by atoms with E-state index in [9.17, 15) is 4.21 Å². The van der Waals surface area contributed by atoms with Crippen molar-refractivity contribution in [2.45, 2.75) is 12.7 Å². The zero-order valence-corrected chi connectivity index (χ0v) is 5.59. The Morgan fingerprint density at radius 3 is 2.22 bits per heavy atom. The van der Waals surface area contributed by atoms with Crippen molar-refractivity contribution in [3.8, 4) is 0 Å². The van der Waals surface area contributed by atoms with E-state index in [1.54, 1.807) is 0 Å². The summed E-state index contributed by atoms with van der Waals surface area (Å²) < 4.78 is 21.6. The fourth-order valence-electron chi connectivity index (χ4n) is 0.162. The quantitative estimate of drug-likeness (QED) is 0.354. The minimum atomic E-state index is -2.43. The van der Waals surface area contributed by atoms with Gasteiger partial charge in [0.05, 0.1) is 0 Å². The van der Waals surface area contributed by atoms with Gasteiger partial charge in [0.25, 0.3) is 0 Å². The van der Waals surface area contributed by atoms with Gasteiger partial charge in [0.1, 0.15) is 6.61 Å². The van der Waals surface area contributed by atoms with Crippen molar-refractivity contribution in [1.29, 1.82) is 0 Å². The summed E-state index contributed by atoms with van der Waals surface area (Å²) in [6.07, 6.45) is 0. The summed E-state index contributed by atoms with van der Waals surface area (Å²) in [5.41, 5.74) is 0. The SMILES string of the molecule is CC(O)(O)COS(=O)O. The van der Waals surface area contributed by atoms with Crippen molar-refractivity contribution in [3.63, 3.8) is 0 Å². The molecule has 1 unspecified atom stereocenters. The van der Waals surface area contributed by atoms with E-state index < -0.39 is 23.8 Å². The average Bonchev–Trinajstić information content (AvgIpc) is 1.59. The Balaban J connectivity index is 3.39. The van der Waals surface area contributed by atoms with E-state index in [1.165, 1.54) is 0 Å². The molecule has 0 saturated carbocycles. The zero-order chi connectivity index (χ0) is 7.49. The van der Waals surface area contributed by atoms with Crippen LogP contribution in [-0.4, -0.2) is 31.4 Å². The maximum Gasteiger partial charge on any atom is 0.302 e. The normalized spacial score (nSPS) is 15.6. The first-order chi connectivity index (χ1) is 3.92. The molecule has 56 valence electrons. The first kappa shape index (κ1) is 8.99. The third-order valence-electron chi connectivity index (χ3n) is 0.433. The standard InChI is InChI=1S/C3H8O5S/c1-3(4,5)2-8-9(6)7/h4-5H,2H2,1H3,(H,6,7). The van der Waals surface area contributed by atoms with Crippen molar-refractivity contribution in [3.05, 3.63) is 0 Å². The molecule has 0 aliphatic carbocycles. The molecule has 0 aromatic carbocycles. The Hall–Kier alpha value is -0.0100. The van der Waals surface area contributed by atoms with Gasteiger partial charge >= 0.3 is 11.4 Å². The molecule has 0 spiro atoms. The van der Waals surface area contributed by atoms with Crippen molar-refractivity contribution in [1.82, 2.24) is 0 Å². The smallest absolute Gasteiger partial charge is 0.302 e. The molecule has 6 heteroatoms. The predicted octanol–water partition coefficient (Wildman–Crippen LogP) is -1.16. The molecule has 9 heavy (non-hydrogen) atoms. The van der Waals surface area contributed by atoms with Crippen LogP contribution in [0.15, 0.2) is 0 Å². The van der Waals surface area contributed by atoms with Crippen LogP contribution in [0.5, 0.6) is 0 Å². The molecule has 0 aromatic rings. The lowest BCUT2D eigenvalue weighted by Gasteiger charge is -2.12. The summed E-state index contributed by atoms with van der Waals surface area (Å²) in [6, 6.07) is 0. The van der Waals surface area contributed by atoms with E-state index in [1.807, 2.05) is 0 Å². The second kappa shape index (κ2) is 3.23. The Morgan fingerprint density at radius 1 is 1.67 bits per heavy atom. The summed E-state index contributed by atoms with van der Waals surface area (Å²) in [5, 5.41) is 16.9. The molecule has 0 bridgehead atoms. The first-order valence-corrected chi connectivity index (χ1v) is 3.14. The molecule has 0 fully saturated rings. The fourth-order valence-corrected chi connectivity index (χ4v) is 0.486. The lowest BCUT2D eigenvalue weighted by atomic mass is 10.4. The van der Waals surface area contributed by atoms with Gasteiger partial charge in [0.15, 0.2) is 5.79 Å². The molecule has 0 heterocycles. The van der Waals surface area contributed by atoms with Gasteiger partial charge in [-0.3, -0.25) is 8.74 Å². The Labute approximate surface area is 54.8 Å². The van der Waals surface area contributed by atoms with Crippen molar-refractivity contribution in [2.24, 2.45) is 0 Å². The van der Waals surface area contributed by atoms with Crippen LogP contribution in [0.3, 0.4) is 0 Å². The minimum absolute atomic E-state index is 0.587. The van der Waals surface area contributed by atoms with Gasteiger partial charge in [-0.2, -0.15) is 4.21 Å². The molecule has 0 radical (unpaired) electrons. The molecule has 3 N–H and O–H groups in total. The molecule has 0 aliphatic rings. The highest BCUT2D eigenvalue weighted by Crippen LogP contribution is 1.97. The topological polar surface area (TPSA) is 87.0 Å². The van der Waals surface area contributed by atoms with E-state index >= 15 is 0 Å². The first-order valence-electron chi connectivity index (χ1n) is 2.11. The molecule has 0 aromatic heterocycles. The van der Waals surface area contributed by atoms with Crippen molar-refractivity contribution < 1.29 is 23.2 Å². The largest absolute Gasteiger partial charge is 0.364 e. The average molecular weight is 156 g/mol.